The molecule has 86 valence electrons. The largest absolute Gasteiger partial charge is 0.396 e. The Bertz CT molecular complexity index is 252. The van der Waals surface area contributed by atoms with Gasteiger partial charge in [0, 0.05) is 25.5 Å². The number of nitrogens with zero attached hydrogens (tertiary/aromatic N) is 1. The molecule has 1 N–H and O–H groups in total. The number of aliphatic hydroxyl groups excluding tert-OH is 1. The summed E-state index contributed by atoms with van der Waals surface area (Å²) in [6, 6.07) is 0. The van der Waals surface area contributed by atoms with Crippen molar-refractivity contribution >= 4 is 11.8 Å². The van der Waals surface area contributed by atoms with Gasteiger partial charge in [-0.15, -0.1) is 0 Å². The Morgan fingerprint density at radius 1 is 1.53 bits per heavy atom. The SMILES string of the molecule is CC(CO)CCCN1C(=O)CC(C)C1=O. The van der Waals surface area contributed by atoms with Gasteiger partial charge in [-0.3, -0.25) is 14.5 Å². The van der Waals surface area contributed by atoms with Crippen molar-refractivity contribution in [2.24, 2.45) is 11.8 Å². The fraction of sp³-hybridized carbons (Fsp3) is 0.818. The molecule has 1 saturated heterocycles. The highest BCUT2D eigenvalue weighted by molar-refractivity contribution is 6.03. The minimum absolute atomic E-state index is 0.0448. The van der Waals surface area contributed by atoms with Crippen molar-refractivity contribution in [3.63, 3.8) is 0 Å². The van der Waals surface area contributed by atoms with Gasteiger partial charge in [0.25, 0.3) is 0 Å². The highest BCUT2D eigenvalue weighted by atomic mass is 16.3. The molecule has 2 amide bonds. The Balaban J connectivity index is 2.32. The molecule has 0 radical (unpaired) electrons. The lowest BCUT2D eigenvalue weighted by Gasteiger charge is -2.15. The van der Waals surface area contributed by atoms with Crippen LogP contribution >= 0.6 is 0 Å². The minimum atomic E-state index is -0.146. The van der Waals surface area contributed by atoms with Gasteiger partial charge in [0.1, 0.15) is 0 Å². The van der Waals surface area contributed by atoms with E-state index in [9.17, 15) is 9.59 Å². The van der Waals surface area contributed by atoms with E-state index in [-0.39, 0.29) is 30.3 Å². The molecule has 15 heavy (non-hydrogen) atoms. The Labute approximate surface area is 90.3 Å². The first-order chi connectivity index (χ1) is 7.06. The topological polar surface area (TPSA) is 57.6 Å². The van der Waals surface area contributed by atoms with Gasteiger partial charge in [-0.05, 0) is 18.8 Å². The second-order valence-electron chi connectivity index (χ2n) is 4.42. The van der Waals surface area contributed by atoms with Gasteiger partial charge in [-0.25, -0.2) is 0 Å². The summed E-state index contributed by atoms with van der Waals surface area (Å²) in [6.07, 6.45) is 1.99. The lowest BCUT2D eigenvalue weighted by molar-refractivity contribution is -0.139. The van der Waals surface area contributed by atoms with Crippen molar-refractivity contribution in [1.82, 2.24) is 4.90 Å². The van der Waals surface area contributed by atoms with E-state index in [1.165, 1.54) is 4.90 Å². The molecule has 0 aromatic rings. The first kappa shape index (κ1) is 12.2. The molecule has 0 bridgehead atoms. The van der Waals surface area contributed by atoms with Gasteiger partial charge in [-0.1, -0.05) is 13.8 Å². The molecule has 1 rings (SSSR count). The van der Waals surface area contributed by atoms with Crippen LogP contribution in [0.15, 0.2) is 0 Å². The number of imide groups is 1. The standard InChI is InChI=1S/C11H19NO3/c1-8(7-13)4-3-5-12-10(14)6-9(2)11(12)15/h8-9,13H,3-7H2,1-2H3. The quantitative estimate of drug-likeness (QED) is 0.687. The van der Waals surface area contributed by atoms with Gasteiger partial charge < -0.3 is 5.11 Å². The molecule has 4 heteroatoms. The van der Waals surface area contributed by atoms with Crippen molar-refractivity contribution in [1.29, 1.82) is 0 Å². The van der Waals surface area contributed by atoms with Crippen LogP contribution in [0.3, 0.4) is 0 Å². The molecule has 0 aromatic heterocycles. The Kier molecular flexibility index (Phi) is 4.27. The maximum atomic E-state index is 11.5. The van der Waals surface area contributed by atoms with E-state index in [4.69, 9.17) is 5.11 Å². The van der Waals surface area contributed by atoms with Gasteiger partial charge >= 0.3 is 0 Å². The number of hydrogen-bond acceptors (Lipinski definition) is 3. The summed E-state index contributed by atoms with van der Waals surface area (Å²) < 4.78 is 0. The average Bonchev–Trinajstić information content (AvgIpc) is 2.44. The van der Waals surface area contributed by atoms with Crippen molar-refractivity contribution in [3.8, 4) is 0 Å². The van der Waals surface area contributed by atoms with Crippen LogP contribution in [0.1, 0.15) is 33.1 Å². The summed E-state index contributed by atoms with van der Waals surface area (Å²) >= 11 is 0. The highest BCUT2D eigenvalue weighted by Crippen LogP contribution is 2.19. The molecule has 1 heterocycles. The summed E-state index contributed by atoms with van der Waals surface area (Å²) in [5, 5.41) is 8.83. The van der Waals surface area contributed by atoms with Gasteiger partial charge in [-0.2, -0.15) is 0 Å². The normalized spacial score (nSPS) is 23.7. The third-order valence-corrected chi connectivity index (χ3v) is 2.86. The molecule has 1 aliphatic rings. The molecule has 1 aliphatic heterocycles. The van der Waals surface area contributed by atoms with E-state index >= 15 is 0 Å². The second-order valence-corrected chi connectivity index (χ2v) is 4.42. The molecule has 1 fully saturated rings. The predicted octanol–water partition coefficient (Wildman–Crippen LogP) is 0.790. The smallest absolute Gasteiger partial charge is 0.232 e. The first-order valence-electron chi connectivity index (χ1n) is 5.51. The van der Waals surface area contributed by atoms with Crippen molar-refractivity contribution in [3.05, 3.63) is 0 Å². The van der Waals surface area contributed by atoms with Crippen LogP contribution < -0.4 is 0 Å². The maximum Gasteiger partial charge on any atom is 0.232 e. The summed E-state index contributed by atoms with van der Waals surface area (Å²) in [4.78, 5) is 24.3. The molecular formula is C11H19NO3. The molecular weight excluding hydrogens is 194 g/mol. The number of likely N-dealkylation sites (tertiary alicyclic amines) is 1. The van der Waals surface area contributed by atoms with E-state index in [1.54, 1.807) is 6.92 Å². The van der Waals surface area contributed by atoms with Crippen LogP contribution in [0.2, 0.25) is 0 Å². The zero-order valence-electron chi connectivity index (χ0n) is 9.40. The lowest BCUT2D eigenvalue weighted by Crippen LogP contribution is -2.31. The van der Waals surface area contributed by atoms with Crippen molar-refractivity contribution in [2.75, 3.05) is 13.2 Å². The van der Waals surface area contributed by atoms with Crippen LogP contribution in [-0.2, 0) is 9.59 Å². The van der Waals surface area contributed by atoms with E-state index in [0.717, 1.165) is 12.8 Å². The summed E-state index contributed by atoms with van der Waals surface area (Å²) in [6.45, 7) is 4.41. The van der Waals surface area contributed by atoms with Gasteiger partial charge in [0.15, 0.2) is 0 Å². The molecule has 2 unspecified atom stereocenters. The highest BCUT2D eigenvalue weighted by Gasteiger charge is 2.34. The van der Waals surface area contributed by atoms with Crippen molar-refractivity contribution < 1.29 is 14.7 Å². The Hall–Kier alpha value is -0.900. The molecule has 0 aromatic carbocycles. The second kappa shape index (κ2) is 5.26. The van der Waals surface area contributed by atoms with E-state index in [0.29, 0.717) is 13.0 Å². The lowest BCUT2D eigenvalue weighted by atomic mass is 10.1. The average molecular weight is 213 g/mol. The summed E-state index contributed by atoms with van der Waals surface area (Å²) in [5.74, 6) is 0.00352. The van der Waals surface area contributed by atoms with Crippen LogP contribution in [0.4, 0.5) is 0 Å². The van der Waals surface area contributed by atoms with Crippen LogP contribution in [-0.4, -0.2) is 35.0 Å². The number of carbonyl (C=O) groups excluding carboxylic acids is 2. The predicted molar refractivity (Wildman–Crippen MR) is 56.0 cm³/mol. The number of rotatable bonds is 5. The fourth-order valence-electron chi connectivity index (χ4n) is 1.77. The Morgan fingerprint density at radius 2 is 2.20 bits per heavy atom. The first-order valence-corrected chi connectivity index (χ1v) is 5.51. The van der Waals surface area contributed by atoms with Crippen LogP contribution in [0.5, 0.6) is 0 Å². The third kappa shape index (κ3) is 3.02. The zero-order valence-corrected chi connectivity index (χ0v) is 9.40. The number of aliphatic hydroxyl groups is 1. The van der Waals surface area contributed by atoms with E-state index < -0.39 is 0 Å². The minimum Gasteiger partial charge on any atom is -0.396 e. The molecule has 0 aliphatic carbocycles. The fourth-order valence-corrected chi connectivity index (χ4v) is 1.77. The molecule has 0 saturated carbocycles. The molecule has 0 spiro atoms. The van der Waals surface area contributed by atoms with Gasteiger partial charge in [0.05, 0.1) is 0 Å². The van der Waals surface area contributed by atoms with E-state index in [2.05, 4.69) is 0 Å². The number of hydrogen-bond donors (Lipinski definition) is 1. The third-order valence-electron chi connectivity index (χ3n) is 2.86. The summed E-state index contributed by atoms with van der Waals surface area (Å²) in [5.41, 5.74) is 0. The van der Waals surface area contributed by atoms with Crippen LogP contribution in [0.25, 0.3) is 0 Å². The Morgan fingerprint density at radius 3 is 2.67 bits per heavy atom. The maximum absolute atomic E-state index is 11.5. The van der Waals surface area contributed by atoms with E-state index in [1.807, 2.05) is 6.92 Å². The monoisotopic (exact) mass is 213 g/mol. The van der Waals surface area contributed by atoms with Crippen LogP contribution in [0, 0.1) is 11.8 Å². The molecule has 2 atom stereocenters. The summed E-state index contributed by atoms with van der Waals surface area (Å²) in [7, 11) is 0. The van der Waals surface area contributed by atoms with Gasteiger partial charge in [0.2, 0.25) is 11.8 Å². The number of amides is 2. The number of carbonyl (C=O) groups is 2. The van der Waals surface area contributed by atoms with Crippen molar-refractivity contribution in [2.45, 2.75) is 33.1 Å². The zero-order chi connectivity index (χ0) is 11.4. The molecule has 4 nitrogen and oxygen atoms in total.